The monoisotopic (exact) mass is 457 g/mol. The highest BCUT2D eigenvalue weighted by Gasteiger charge is 2.23. The number of thiophene rings is 1. The Morgan fingerprint density at radius 1 is 1.09 bits per heavy atom. The van der Waals surface area contributed by atoms with E-state index in [0.717, 1.165) is 29.7 Å². The Hall–Kier alpha value is -3.58. The zero-order chi connectivity index (χ0) is 22.9. The third-order valence-corrected chi connectivity index (χ3v) is 7.26. The first-order valence-electron chi connectivity index (χ1n) is 11.0. The maximum absolute atomic E-state index is 13.1. The molecule has 7 heteroatoms. The lowest BCUT2D eigenvalue weighted by molar-refractivity contribution is 0.0970. The van der Waals surface area contributed by atoms with Crippen molar-refractivity contribution in [2.24, 2.45) is 5.92 Å². The van der Waals surface area contributed by atoms with E-state index in [9.17, 15) is 14.4 Å². The summed E-state index contributed by atoms with van der Waals surface area (Å²) in [5.74, 6) is 0.223. The lowest BCUT2D eigenvalue weighted by Crippen LogP contribution is -2.25. The molecule has 0 saturated heterocycles. The van der Waals surface area contributed by atoms with Crippen molar-refractivity contribution < 1.29 is 9.59 Å². The third-order valence-electron chi connectivity index (χ3n) is 6.10. The minimum atomic E-state index is -0.214. The molecule has 5 rings (SSSR count). The molecule has 1 aliphatic carbocycles. The van der Waals surface area contributed by atoms with Gasteiger partial charge in [0.2, 0.25) is 0 Å². The van der Waals surface area contributed by atoms with Gasteiger partial charge in [-0.25, -0.2) is 4.98 Å². The Morgan fingerprint density at radius 3 is 2.61 bits per heavy atom. The van der Waals surface area contributed by atoms with Crippen molar-refractivity contribution in [3.05, 3.63) is 92.8 Å². The summed E-state index contributed by atoms with van der Waals surface area (Å²) < 4.78 is 1.40. The van der Waals surface area contributed by atoms with E-state index in [-0.39, 0.29) is 23.8 Å². The Kier molecular flexibility index (Phi) is 5.64. The van der Waals surface area contributed by atoms with Crippen LogP contribution in [0, 0.1) is 5.92 Å². The number of carbonyl (C=O) groups is 2. The van der Waals surface area contributed by atoms with E-state index in [1.807, 2.05) is 6.07 Å². The zero-order valence-corrected chi connectivity index (χ0v) is 19.0. The average molecular weight is 458 g/mol. The Balaban J connectivity index is 1.33. The molecule has 2 aromatic heterocycles. The fourth-order valence-corrected chi connectivity index (χ4v) is 5.60. The minimum Gasteiger partial charge on any atom is -0.322 e. The van der Waals surface area contributed by atoms with Gasteiger partial charge in [0.05, 0.1) is 18.3 Å². The molecule has 6 nitrogen and oxygen atoms in total. The van der Waals surface area contributed by atoms with Crippen molar-refractivity contribution in [2.75, 3.05) is 5.32 Å². The lowest BCUT2D eigenvalue weighted by Gasteiger charge is -2.17. The number of ketones is 1. The van der Waals surface area contributed by atoms with E-state index >= 15 is 0 Å². The highest BCUT2D eigenvalue weighted by atomic mass is 32.1. The molecule has 1 N–H and O–H groups in total. The molecule has 1 aliphatic rings. The number of fused-ring (bicyclic) bond motifs is 3. The molecule has 33 heavy (non-hydrogen) atoms. The van der Waals surface area contributed by atoms with Crippen LogP contribution >= 0.6 is 11.3 Å². The van der Waals surface area contributed by atoms with Crippen molar-refractivity contribution in [3.63, 3.8) is 0 Å². The second kappa shape index (κ2) is 8.75. The van der Waals surface area contributed by atoms with Crippen LogP contribution in [0.2, 0.25) is 0 Å². The first-order chi connectivity index (χ1) is 16.0. The van der Waals surface area contributed by atoms with Crippen molar-refractivity contribution in [2.45, 2.75) is 32.7 Å². The van der Waals surface area contributed by atoms with Crippen molar-refractivity contribution in [1.29, 1.82) is 0 Å². The molecule has 1 unspecified atom stereocenters. The van der Waals surface area contributed by atoms with Crippen molar-refractivity contribution >= 4 is 38.9 Å². The van der Waals surface area contributed by atoms with Crippen LogP contribution in [0.25, 0.3) is 10.2 Å². The Morgan fingerprint density at radius 2 is 1.85 bits per heavy atom. The van der Waals surface area contributed by atoms with Gasteiger partial charge in [0.1, 0.15) is 4.83 Å². The summed E-state index contributed by atoms with van der Waals surface area (Å²) >= 11 is 1.60. The summed E-state index contributed by atoms with van der Waals surface area (Å²) in [6.45, 7) is 2.16. The van der Waals surface area contributed by atoms with Crippen LogP contribution in [0.3, 0.4) is 0 Å². The van der Waals surface area contributed by atoms with Gasteiger partial charge in [0.15, 0.2) is 5.78 Å². The van der Waals surface area contributed by atoms with Gasteiger partial charge in [0, 0.05) is 21.7 Å². The maximum Gasteiger partial charge on any atom is 0.262 e. The van der Waals surface area contributed by atoms with E-state index in [4.69, 9.17) is 0 Å². The van der Waals surface area contributed by atoms with E-state index in [1.165, 1.54) is 15.8 Å². The maximum atomic E-state index is 13.1. The summed E-state index contributed by atoms with van der Waals surface area (Å²) in [6.07, 6.45) is 4.42. The molecule has 4 aromatic rings. The number of aromatic nitrogens is 2. The molecular weight excluding hydrogens is 434 g/mol. The van der Waals surface area contributed by atoms with Crippen LogP contribution < -0.4 is 10.9 Å². The van der Waals surface area contributed by atoms with Gasteiger partial charge < -0.3 is 5.32 Å². The predicted octanol–water partition coefficient (Wildman–Crippen LogP) is 4.72. The van der Waals surface area contributed by atoms with E-state index in [1.54, 1.807) is 59.9 Å². The van der Waals surface area contributed by atoms with Crippen LogP contribution in [0.5, 0.6) is 0 Å². The fourth-order valence-electron chi connectivity index (χ4n) is 4.26. The highest BCUT2D eigenvalue weighted by molar-refractivity contribution is 7.18. The van der Waals surface area contributed by atoms with Gasteiger partial charge in [-0.3, -0.25) is 19.0 Å². The summed E-state index contributed by atoms with van der Waals surface area (Å²) in [4.78, 5) is 44.8. The Bertz CT molecular complexity index is 1400. The average Bonchev–Trinajstić information content (AvgIpc) is 3.20. The number of carbonyl (C=O) groups excluding carboxylic acids is 2. The Labute approximate surface area is 194 Å². The van der Waals surface area contributed by atoms with Crippen LogP contribution in [0.4, 0.5) is 5.69 Å². The third kappa shape index (κ3) is 4.24. The first kappa shape index (κ1) is 21.3. The minimum absolute atomic E-state index is 0.0709. The molecule has 0 saturated carbocycles. The standard InChI is InChI=1S/C26H23N3O3S/c1-16-7-12-20-22(13-16)33-25-23(20)26(32)29(15-27-25)14-21(30)17-8-10-19(11-9-17)28-24(31)18-5-3-2-4-6-18/h2-6,8-11,15-16H,7,12-14H2,1H3,(H,28,31). The number of aryl methyl sites for hydroxylation is 1. The molecule has 0 radical (unpaired) electrons. The SMILES string of the molecule is CC1CCc2c(sc3ncn(CC(=O)c4ccc(NC(=O)c5ccccc5)cc4)c(=O)c23)C1. The highest BCUT2D eigenvalue weighted by Crippen LogP contribution is 2.35. The number of hydrogen-bond donors (Lipinski definition) is 1. The number of benzene rings is 2. The van der Waals surface area contributed by atoms with E-state index in [2.05, 4.69) is 17.2 Å². The van der Waals surface area contributed by atoms with Gasteiger partial charge in [-0.05, 0) is 67.1 Å². The van der Waals surface area contributed by atoms with Crippen LogP contribution in [-0.2, 0) is 19.4 Å². The number of rotatable bonds is 5. The molecule has 0 fully saturated rings. The smallest absolute Gasteiger partial charge is 0.262 e. The molecule has 0 spiro atoms. The number of anilines is 1. The number of Topliss-reactive ketones (excluding diaryl/α,β-unsaturated/α-hetero) is 1. The van der Waals surface area contributed by atoms with Crippen molar-refractivity contribution in [3.8, 4) is 0 Å². The summed E-state index contributed by atoms with van der Waals surface area (Å²) in [7, 11) is 0. The van der Waals surface area contributed by atoms with Gasteiger partial charge in [-0.15, -0.1) is 11.3 Å². The molecule has 2 aromatic carbocycles. The van der Waals surface area contributed by atoms with Crippen LogP contribution in [0.15, 0.2) is 65.7 Å². The van der Waals surface area contributed by atoms with E-state index < -0.39 is 0 Å². The lowest BCUT2D eigenvalue weighted by atomic mass is 9.89. The normalized spacial score (nSPS) is 15.2. The summed E-state index contributed by atoms with van der Waals surface area (Å²) in [5, 5.41) is 3.50. The number of nitrogens with one attached hydrogen (secondary N) is 1. The molecule has 0 aliphatic heterocycles. The number of amides is 1. The molecule has 1 amide bonds. The largest absolute Gasteiger partial charge is 0.322 e. The molecule has 2 heterocycles. The zero-order valence-electron chi connectivity index (χ0n) is 18.2. The van der Waals surface area contributed by atoms with Gasteiger partial charge >= 0.3 is 0 Å². The number of nitrogens with zero attached hydrogens (tertiary/aromatic N) is 2. The predicted molar refractivity (Wildman–Crippen MR) is 130 cm³/mol. The molecule has 166 valence electrons. The quantitative estimate of drug-likeness (QED) is 0.440. The van der Waals surface area contributed by atoms with Crippen LogP contribution in [-0.4, -0.2) is 21.2 Å². The fraction of sp³-hybridized carbons (Fsp3) is 0.231. The van der Waals surface area contributed by atoms with E-state index in [0.29, 0.717) is 28.1 Å². The summed E-state index contributed by atoms with van der Waals surface area (Å²) in [6, 6.07) is 15.6. The van der Waals surface area contributed by atoms with Crippen LogP contribution in [0.1, 0.15) is 44.5 Å². The molecule has 1 atom stereocenters. The first-order valence-corrected chi connectivity index (χ1v) is 11.8. The number of hydrogen-bond acceptors (Lipinski definition) is 5. The summed E-state index contributed by atoms with van der Waals surface area (Å²) in [5.41, 5.74) is 2.60. The molecule has 0 bridgehead atoms. The molecular formula is C26H23N3O3S. The second-order valence-electron chi connectivity index (χ2n) is 8.53. The topological polar surface area (TPSA) is 81.1 Å². The van der Waals surface area contributed by atoms with Gasteiger partial charge in [0.25, 0.3) is 11.5 Å². The van der Waals surface area contributed by atoms with Gasteiger partial charge in [-0.2, -0.15) is 0 Å². The van der Waals surface area contributed by atoms with Gasteiger partial charge in [-0.1, -0.05) is 25.1 Å². The van der Waals surface area contributed by atoms with Crippen molar-refractivity contribution in [1.82, 2.24) is 9.55 Å². The second-order valence-corrected chi connectivity index (χ2v) is 9.61.